The number of rotatable bonds is 2. The second-order valence-electron chi connectivity index (χ2n) is 5.39. The Bertz CT molecular complexity index is 775. The SMILES string of the molecule is COc1cc2c(cc1OC)-c1c(C)c(=O)cc(C)n1CC2. The molecule has 0 saturated heterocycles. The van der Waals surface area contributed by atoms with Gasteiger partial charge in [-0.2, -0.15) is 0 Å². The molecule has 0 aliphatic carbocycles. The Morgan fingerprint density at radius 3 is 2.38 bits per heavy atom. The van der Waals surface area contributed by atoms with Crippen molar-refractivity contribution in [3.8, 4) is 22.8 Å². The molecular formula is C17H19NO3. The van der Waals surface area contributed by atoms with Crippen molar-refractivity contribution >= 4 is 0 Å². The van der Waals surface area contributed by atoms with Crippen molar-refractivity contribution in [3.63, 3.8) is 0 Å². The maximum Gasteiger partial charge on any atom is 0.185 e. The number of aryl methyl sites for hydroxylation is 2. The Labute approximate surface area is 123 Å². The van der Waals surface area contributed by atoms with Crippen LogP contribution in [0.4, 0.5) is 0 Å². The molecule has 0 amide bonds. The molecule has 3 rings (SSSR count). The van der Waals surface area contributed by atoms with E-state index in [9.17, 15) is 4.79 Å². The molecule has 0 unspecified atom stereocenters. The van der Waals surface area contributed by atoms with E-state index in [-0.39, 0.29) is 5.43 Å². The Hall–Kier alpha value is -2.23. The van der Waals surface area contributed by atoms with Crippen molar-refractivity contribution in [2.24, 2.45) is 0 Å². The van der Waals surface area contributed by atoms with Gasteiger partial charge in [-0.1, -0.05) is 0 Å². The van der Waals surface area contributed by atoms with E-state index in [0.717, 1.165) is 41.2 Å². The van der Waals surface area contributed by atoms with E-state index in [4.69, 9.17) is 9.47 Å². The van der Waals surface area contributed by atoms with Crippen molar-refractivity contribution in [2.75, 3.05) is 14.2 Å². The molecule has 0 atom stereocenters. The van der Waals surface area contributed by atoms with E-state index in [1.807, 2.05) is 26.0 Å². The summed E-state index contributed by atoms with van der Waals surface area (Å²) in [6.07, 6.45) is 0.922. The first-order valence-corrected chi connectivity index (χ1v) is 7.03. The minimum atomic E-state index is 0.0846. The zero-order valence-electron chi connectivity index (χ0n) is 12.8. The maximum absolute atomic E-state index is 12.1. The number of hydrogen-bond donors (Lipinski definition) is 0. The first kappa shape index (κ1) is 13.7. The fraction of sp³-hybridized carbons (Fsp3) is 0.353. The van der Waals surface area contributed by atoms with Gasteiger partial charge in [-0.05, 0) is 38.0 Å². The Morgan fingerprint density at radius 2 is 1.71 bits per heavy atom. The number of hydrogen-bond acceptors (Lipinski definition) is 3. The Morgan fingerprint density at radius 1 is 1.05 bits per heavy atom. The van der Waals surface area contributed by atoms with Crippen LogP contribution >= 0.6 is 0 Å². The van der Waals surface area contributed by atoms with Crippen LogP contribution in [0.1, 0.15) is 16.8 Å². The van der Waals surface area contributed by atoms with Crippen LogP contribution in [0.3, 0.4) is 0 Å². The number of pyridine rings is 1. The van der Waals surface area contributed by atoms with Gasteiger partial charge in [0, 0.05) is 29.4 Å². The summed E-state index contributed by atoms with van der Waals surface area (Å²) in [7, 11) is 3.27. The lowest BCUT2D eigenvalue weighted by molar-refractivity contribution is 0.354. The Kier molecular flexibility index (Phi) is 3.24. The minimum Gasteiger partial charge on any atom is -0.493 e. The van der Waals surface area contributed by atoms with Gasteiger partial charge in [-0.15, -0.1) is 0 Å². The Balaban J connectivity index is 2.34. The first-order chi connectivity index (χ1) is 10.1. The quantitative estimate of drug-likeness (QED) is 0.852. The van der Waals surface area contributed by atoms with Crippen LogP contribution in [0.25, 0.3) is 11.3 Å². The summed E-state index contributed by atoms with van der Waals surface area (Å²) < 4.78 is 13.0. The monoisotopic (exact) mass is 285 g/mol. The van der Waals surface area contributed by atoms with Crippen LogP contribution in [0.15, 0.2) is 23.0 Å². The smallest absolute Gasteiger partial charge is 0.185 e. The predicted molar refractivity (Wildman–Crippen MR) is 82.4 cm³/mol. The standard InChI is InChI=1S/C17H19NO3/c1-10-7-14(19)11(2)17-13-9-16(21-4)15(20-3)8-12(13)5-6-18(10)17/h7-9H,5-6H2,1-4H3. The van der Waals surface area contributed by atoms with Crippen molar-refractivity contribution in [2.45, 2.75) is 26.8 Å². The summed E-state index contributed by atoms with van der Waals surface area (Å²) in [6, 6.07) is 5.71. The van der Waals surface area contributed by atoms with Crippen LogP contribution < -0.4 is 14.9 Å². The summed E-state index contributed by atoms with van der Waals surface area (Å²) in [4.78, 5) is 12.1. The molecule has 0 bridgehead atoms. The molecule has 0 spiro atoms. The molecule has 1 aliphatic rings. The fourth-order valence-electron chi connectivity index (χ4n) is 3.09. The number of fused-ring (bicyclic) bond motifs is 3. The average Bonchev–Trinajstić information content (AvgIpc) is 2.50. The third-order valence-corrected chi connectivity index (χ3v) is 4.23. The van der Waals surface area contributed by atoms with Crippen molar-refractivity contribution in [1.29, 1.82) is 0 Å². The molecule has 4 nitrogen and oxygen atoms in total. The normalized spacial score (nSPS) is 12.6. The summed E-state index contributed by atoms with van der Waals surface area (Å²) in [5.41, 5.74) is 5.14. The average molecular weight is 285 g/mol. The summed E-state index contributed by atoms with van der Waals surface area (Å²) in [5, 5.41) is 0. The molecule has 0 fully saturated rings. The molecule has 2 aromatic rings. The van der Waals surface area contributed by atoms with E-state index in [0.29, 0.717) is 5.75 Å². The van der Waals surface area contributed by atoms with Crippen molar-refractivity contribution in [1.82, 2.24) is 4.57 Å². The number of ether oxygens (including phenoxy) is 2. The van der Waals surface area contributed by atoms with Gasteiger partial charge in [0.1, 0.15) is 0 Å². The van der Waals surface area contributed by atoms with E-state index >= 15 is 0 Å². The summed E-state index contributed by atoms with van der Waals surface area (Å²) >= 11 is 0. The highest BCUT2D eigenvalue weighted by molar-refractivity contribution is 5.72. The zero-order chi connectivity index (χ0) is 15.1. The van der Waals surface area contributed by atoms with E-state index < -0.39 is 0 Å². The van der Waals surface area contributed by atoms with Gasteiger partial charge in [0.05, 0.1) is 19.9 Å². The lowest BCUT2D eigenvalue weighted by atomic mass is 9.93. The van der Waals surface area contributed by atoms with Crippen molar-refractivity contribution in [3.05, 3.63) is 45.2 Å². The van der Waals surface area contributed by atoms with Crippen molar-refractivity contribution < 1.29 is 9.47 Å². The van der Waals surface area contributed by atoms with E-state index in [1.54, 1.807) is 20.3 Å². The molecule has 4 heteroatoms. The molecule has 110 valence electrons. The fourth-order valence-corrected chi connectivity index (χ4v) is 3.09. The van der Waals surface area contributed by atoms with Crippen LogP contribution in [-0.2, 0) is 13.0 Å². The van der Waals surface area contributed by atoms with Gasteiger partial charge in [-0.25, -0.2) is 0 Å². The van der Waals surface area contributed by atoms with Crippen LogP contribution in [0, 0.1) is 13.8 Å². The molecular weight excluding hydrogens is 266 g/mol. The largest absolute Gasteiger partial charge is 0.493 e. The number of methoxy groups -OCH3 is 2. The highest BCUT2D eigenvalue weighted by Crippen LogP contribution is 2.39. The van der Waals surface area contributed by atoms with Gasteiger partial charge < -0.3 is 14.0 Å². The van der Waals surface area contributed by atoms with Crippen LogP contribution in [0.2, 0.25) is 0 Å². The molecule has 1 aromatic carbocycles. The van der Waals surface area contributed by atoms with Crippen LogP contribution in [0.5, 0.6) is 11.5 Å². The molecule has 1 aliphatic heterocycles. The molecule has 0 N–H and O–H groups in total. The number of aromatic nitrogens is 1. The molecule has 1 aromatic heterocycles. The predicted octanol–water partition coefficient (Wildman–Crippen LogP) is 2.71. The van der Waals surface area contributed by atoms with Crippen LogP contribution in [-0.4, -0.2) is 18.8 Å². The lowest BCUT2D eigenvalue weighted by Gasteiger charge is -2.27. The summed E-state index contributed by atoms with van der Waals surface area (Å²) in [5.74, 6) is 1.43. The van der Waals surface area contributed by atoms with E-state index in [1.165, 1.54) is 5.56 Å². The number of benzene rings is 1. The van der Waals surface area contributed by atoms with Gasteiger partial charge >= 0.3 is 0 Å². The highest BCUT2D eigenvalue weighted by Gasteiger charge is 2.22. The number of nitrogens with zero attached hydrogens (tertiary/aromatic N) is 1. The second kappa shape index (κ2) is 4.95. The van der Waals surface area contributed by atoms with E-state index in [2.05, 4.69) is 4.57 Å². The summed E-state index contributed by atoms with van der Waals surface area (Å²) in [6.45, 7) is 4.75. The van der Waals surface area contributed by atoms with Gasteiger partial charge in [-0.3, -0.25) is 4.79 Å². The third kappa shape index (κ3) is 2.02. The maximum atomic E-state index is 12.1. The molecule has 0 saturated carbocycles. The molecule has 21 heavy (non-hydrogen) atoms. The molecule has 2 heterocycles. The van der Waals surface area contributed by atoms with Gasteiger partial charge in [0.15, 0.2) is 16.9 Å². The van der Waals surface area contributed by atoms with Gasteiger partial charge in [0.25, 0.3) is 0 Å². The highest BCUT2D eigenvalue weighted by atomic mass is 16.5. The zero-order valence-corrected chi connectivity index (χ0v) is 12.8. The molecule has 0 radical (unpaired) electrons. The minimum absolute atomic E-state index is 0.0846. The van der Waals surface area contributed by atoms with Gasteiger partial charge in [0.2, 0.25) is 0 Å². The third-order valence-electron chi connectivity index (χ3n) is 4.23. The lowest BCUT2D eigenvalue weighted by Crippen LogP contribution is -2.21. The first-order valence-electron chi connectivity index (χ1n) is 7.03. The second-order valence-corrected chi connectivity index (χ2v) is 5.39. The topological polar surface area (TPSA) is 40.5 Å².